The van der Waals surface area contributed by atoms with Crippen LogP contribution in [-0.4, -0.2) is 46.7 Å². The van der Waals surface area contributed by atoms with Crippen LogP contribution in [0.15, 0.2) is 35.2 Å². The van der Waals surface area contributed by atoms with E-state index < -0.39 is 27.5 Å². The average Bonchev–Trinajstić information content (AvgIpc) is 2.66. The van der Waals surface area contributed by atoms with Crippen molar-refractivity contribution in [2.24, 2.45) is 5.73 Å². The van der Waals surface area contributed by atoms with Gasteiger partial charge < -0.3 is 25.1 Å². The minimum Gasteiger partial charge on any atom is -0.493 e. The van der Waals surface area contributed by atoms with E-state index in [0.717, 1.165) is 18.2 Å². The van der Waals surface area contributed by atoms with E-state index in [-0.39, 0.29) is 33.4 Å². The molecule has 0 atom stereocenters. The van der Waals surface area contributed by atoms with Crippen molar-refractivity contribution in [2.45, 2.75) is 4.90 Å². The smallest absolute Gasteiger partial charge is 0.338 e. The van der Waals surface area contributed by atoms with Crippen LogP contribution < -0.4 is 24.7 Å². The number of rotatable bonds is 8. The standard InChI is InChI=1S/C17H18N2O8S/c1-25-12-8-11(17(21)22)13(15(27-3)14(12)26-2)19-28(23,24)10-6-4-9(5-7-10)16(18)20/h4-8,19H,1-3H3,(H2,18,20)(H,21,22). The highest BCUT2D eigenvalue weighted by molar-refractivity contribution is 7.92. The number of ether oxygens (including phenoxy) is 3. The maximum Gasteiger partial charge on any atom is 0.338 e. The van der Waals surface area contributed by atoms with Crippen LogP contribution >= 0.6 is 0 Å². The SMILES string of the molecule is COc1cc(C(=O)O)c(NS(=O)(=O)c2ccc(C(N)=O)cc2)c(OC)c1OC. The summed E-state index contributed by atoms with van der Waals surface area (Å²) < 4.78 is 43.1. The summed E-state index contributed by atoms with van der Waals surface area (Å²) in [5.74, 6) is -2.24. The number of sulfonamides is 1. The van der Waals surface area contributed by atoms with Gasteiger partial charge >= 0.3 is 5.97 Å². The number of primary amides is 1. The summed E-state index contributed by atoms with van der Waals surface area (Å²) in [5, 5.41) is 9.50. The van der Waals surface area contributed by atoms with E-state index in [1.807, 2.05) is 0 Å². The molecule has 0 saturated heterocycles. The number of hydrogen-bond acceptors (Lipinski definition) is 7. The third-order valence-corrected chi connectivity index (χ3v) is 5.11. The molecule has 0 spiro atoms. The first kappa shape index (κ1) is 20.8. The zero-order valence-corrected chi connectivity index (χ0v) is 16.0. The van der Waals surface area contributed by atoms with Gasteiger partial charge in [-0.2, -0.15) is 0 Å². The van der Waals surface area contributed by atoms with E-state index in [1.54, 1.807) is 0 Å². The van der Waals surface area contributed by atoms with Gasteiger partial charge in [0.25, 0.3) is 10.0 Å². The molecule has 150 valence electrons. The van der Waals surface area contributed by atoms with Gasteiger partial charge in [-0.25, -0.2) is 13.2 Å². The molecule has 0 radical (unpaired) electrons. The Morgan fingerprint density at radius 1 is 1.00 bits per heavy atom. The summed E-state index contributed by atoms with van der Waals surface area (Å²) in [6.07, 6.45) is 0. The quantitative estimate of drug-likeness (QED) is 0.588. The van der Waals surface area contributed by atoms with E-state index in [2.05, 4.69) is 4.72 Å². The third kappa shape index (κ3) is 3.93. The van der Waals surface area contributed by atoms with E-state index >= 15 is 0 Å². The predicted octanol–water partition coefficient (Wildman–Crippen LogP) is 1.31. The van der Waals surface area contributed by atoms with Crippen molar-refractivity contribution in [3.63, 3.8) is 0 Å². The molecule has 11 heteroatoms. The molecule has 10 nitrogen and oxygen atoms in total. The van der Waals surface area contributed by atoms with Crippen LogP contribution in [0.1, 0.15) is 20.7 Å². The number of carbonyl (C=O) groups excluding carboxylic acids is 1. The fraction of sp³-hybridized carbons (Fsp3) is 0.176. The number of carboxylic acids is 1. The Morgan fingerprint density at radius 2 is 1.57 bits per heavy atom. The highest BCUT2D eigenvalue weighted by atomic mass is 32.2. The molecule has 0 heterocycles. The van der Waals surface area contributed by atoms with Crippen LogP contribution in [0.3, 0.4) is 0 Å². The lowest BCUT2D eigenvalue weighted by Crippen LogP contribution is -2.17. The first-order valence-electron chi connectivity index (χ1n) is 7.65. The van der Waals surface area contributed by atoms with Crippen molar-refractivity contribution in [1.82, 2.24) is 0 Å². The lowest BCUT2D eigenvalue weighted by Gasteiger charge is -2.19. The number of nitrogens with one attached hydrogen (secondary N) is 1. The van der Waals surface area contributed by atoms with Crippen LogP contribution in [0.4, 0.5) is 5.69 Å². The van der Waals surface area contributed by atoms with Crippen molar-refractivity contribution in [3.05, 3.63) is 41.5 Å². The van der Waals surface area contributed by atoms with Gasteiger partial charge in [0.1, 0.15) is 5.69 Å². The number of carbonyl (C=O) groups is 2. The number of hydrogen-bond donors (Lipinski definition) is 3. The minimum atomic E-state index is -4.23. The number of amides is 1. The zero-order chi connectivity index (χ0) is 21.1. The lowest BCUT2D eigenvalue weighted by molar-refractivity contribution is 0.0697. The first-order valence-corrected chi connectivity index (χ1v) is 9.13. The maximum absolute atomic E-state index is 12.7. The van der Waals surface area contributed by atoms with Gasteiger partial charge in [-0.1, -0.05) is 0 Å². The molecular formula is C17H18N2O8S. The molecule has 2 aromatic rings. The van der Waals surface area contributed by atoms with Crippen molar-refractivity contribution < 1.29 is 37.3 Å². The highest BCUT2D eigenvalue weighted by Crippen LogP contribution is 2.45. The van der Waals surface area contributed by atoms with Crippen LogP contribution in [0, 0.1) is 0 Å². The summed E-state index contributed by atoms with van der Waals surface area (Å²) in [5.41, 5.74) is 4.50. The predicted molar refractivity (Wildman–Crippen MR) is 98.8 cm³/mol. The molecule has 0 unspecified atom stereocenters. The Morgan fingerprint density at radius 3 is 2.00 bits per heavy atom. The maximum atomic E-state index is 12.7. The van der Waals surface area contributed by atoms with E-state index in [0.29, 0.717) is 0 Å². The number of benzene rings is 2. The molecule has 4 N–H and O–H groups in total. The number of carboxylic acid groups (broad SMARTS) is 1. The summed E-state index contributed by atoms with van der Waals surface area (Å²) in [6.45, 7) is 0. The highest BCUT2D eigenvalue weighted by Gasteiger charge is 2.28. The minimum absolute atomic E-state index is 0.0109. The molecule has 1 amide bonds. The Balaban J connectivity index is 2.63. The lowest BCUT2D eigenvalue weighted by atomic mass is 10.1. The van der Waals surface area contributed by atoms with Gasteiger partial charge in [-0.05, 0) is 24.3 Å². The summed E-state index contributed by atoms with van der Waals surface area (Å²) in [6, 6.07) is 5.91. The second-order valence-corrected chi connectivity index (χ2v) is 7.05. The number of aromatic carboxylic acids is 1. The normalized spacial score (nSPS) is 10.8. The van der Waals surface area contributed by atoms with Gasteiger partial charge in [0.2, 0.25) is 11.7 Å². The summed E-state index contributed by atoms with van der Waals surface area (Å²) in [4.78, 5) is 22.6. The van der Waals surface area contributed by atoms with E-state index in [9.17, 15) is 23.1 Å². The van der Waals surface area contributed by atoms with Crippen molar-refractivity contribution in [2.75, 3.05) is 26.1 Å². The van der Waals surface area contributed by atoms with E-state index in [4.69, 9.17) is 19.9 Å². The number of nitrogens with two attached hydrogens (primary N) is 1. The Labute approximate surface area is 160 Å². The second-order valence-electron chi connectivity index (χ2n) is 5.37. The van der Waals surface area contributed by atoms with Crippen LogP contribution in [0.5, 0.6) is 17.2 Å². The third-order valence-electron chi connectivity index (χ3n) is 3.75. The van der Waals surface area contributed by atoms with Crippen LogP contribution in [0.2, 0.25) is 0 Å². The van der Waals surface area contributed by atoms with Crippen molar-refractivity contribution >= 4 is 27.6 Å². The zero-order valence-electron chi connectivity index (χ0n) is 15.2. The second kappa shape index (κ2) is 8.05. The Hall–Kier alpha value is -3.47. The molecule has 2 aromatic carbocycles. The fourth-order valence-corrected chi connectivity index (χ4v) is 3.50. The van der Waals surface area contributed by atoms with Crippen LogP contribution in [0.25, 0.3) is 0 Å². The summed E-state index contributed by atoms with van der Waals surface area (Å²) >= 11 is 0. The van der Waals surface area contributed by atoms with Gasteiger partial charge in [-0.3, -0.25) is 9.52 Å². The van der Waals surface area contributed by atoms with Crippen LogP contribution in [-0.2, 0) is 10.0 Å². The molecule has 0 fully saturated rings. The average molecular weight is 410 g/mol. The van der Waals surface area contributed by atoms with Gasteiger partial charge in [0.05, 0.1) is 31.8 Å². The topological polar surface area (TPSA) is 154 Å². The first-order chi connectivity index (χ1) is 13.2. The summed E-state index contributed by atoms with van der Waals surface area (Å²) in [7, 11) is -0.414. The Bertz CT molecular complexity index is 1020. The number of anilines is 1. The largest absolute Gasteiger partial charge is 0.493 e. The van der Waals surface area contributed by atoms with Gasteiger partial charge in [0, 0.05) is 11.6 Å². The van der Waals surface area contributed by atoms with Gasteiger partial charge in [0.15, 0.2) is 11.5 Å². The molecular weight excluding hydrogens is 392 g/mol. The molecule has 28 heavy (non-hydrogen) atoms. The van der Waals surface area contributed by atoms with Crippen molar-refractivity contribution in [1.29, 1.82) is 0 Å². The number of methoxy groups -OCH3 is 3. The molecule has 0 saturated carbocycles. The molecule has 2 rings (SSSR count). The monoisotopic (exact) mass is 410 g/mol. The molecule has 0 bridgehead atoms. The fourth-order valence-electron chi connectivity index (χ4n) is 2.42. The van der Waals surface area contributed by atoms with Crippen molar-refractivity contribution in [3.8, 4) is 17.2 Å². The molecule has 0 aliphatic heterocycles. The molecule has 0 aromatic heterocycles. The molecule has 0 aliphatic rings. The molecule has 0 aliphatic carbocycles. The van der Waals surface area contributed by atoms with E-state index in [1.165, 1.54) is 33.5 Å². The van der Waals surface area contributed by atoms with Gasteiger partial charge in [-0.15, -0.1) is 0 Å². The Kier molecular flexibility index (Phi) is 5.99.